The van der Waals surface area contributed by atoms with Gasteiger partial charge in [0.2, 0.25) is 0 Å². The standard InChI is InChI=1S/C17H21F2NO/c1-20-17(21)14-9-7-13(8-10-14)15(16(18)19)11-12-5-3-2-4-6-12/h7-10,12H,2-6,11H2,1H3,(H,20,21). The molecule has 2 rings (SSSR count). The molecule has 1 amide bonds. The lowest BCUT2D eigenvalue weighted by Gasteiger charge is -2.22. The normalized spacial score (nSPS) is 15.6. The molecule has 114 valence electrons. The predicted octanol–water partition coefficient (Wildman–Crippen LogP) is 4.62. The zero-order valence-corrected chi connectivity index (χ0v) is 12.3. The first-order valence-corrected chi connectivity index (χ1v) is 7.48. The Kier molecular flexibility index (Phi) is 5.48. The van der Waals surface area contributed by atoms with Gasteiger partial charge >= 0.3 is 0 Å². The number of rotatable bonds is 4. The average Bonchev–Trinajstić information content (AvgIpc) is 2.53. The van der Waals surface area contributed by atoms with E-state index in [0.717, 1.165) is 25.7 Å². The van der Waals surface area contributed by atoms with Gasteiger partial charge in [-0.15, -0.1) is 0 Å². The zero-order chi connectivity index (χ0) is 15.2. The third kappa shape index (κ3) is 4.13. The highest BCUT2D eigenvalue weighted by Crippen LogP contribution is 2.34. The number of halogens is 2. The summed E-state index contributed by atoms with van der Waals surface area (Å²) in [7, 11) is 1.55. The molecule has 0 heterocycles. The van der Waals surface area contributed by atoms with E-state index in [1.807, 2.05) is 0 Å². The minimum absolute atomic E-state index is 0.130. The lowest BCUT2D eigenvalue weighted by Crippen LogP contribution is -2.17. The number of benzene rings is 1. The number of hydrogen-bond donors (Lipinski definition) is 1. The molecule has 2 nitrogen and oxygen atoms in total. The van der Waals surface area contributed by atoms with E-state index in [2.05, 4.69) is 5.32 Å². The number of nitrogens with one attached hydrogen (secondary N) is 1. The highest BCUT2D eigenvalue weighted by Gasteiger charge is 2.19. The van der Waals surface area contributed by atoms with Crippen molar-refractivity contribution in [3.63, 3.8) is 0 Å². The Bertz CT molecular complexity index is 512. The molecule has 1 aromatic carbocycles. The molecule has 1 N–H and O–H groups in total. The fourth-order valence-corrected chi connectivity index (χ4v) is 2.95. The van der Waals surface area contributed by atoms with Crippen LogP contribution in [0.2, 0.25) is 0 Å². The molecule has 1 fully saturated rings. The maximum atomic E-state index is 13.3. The summed E-state index contributed by atoms with van der Waals surface area (Å²) >= 11 is 0. The van der Waals surface area contributed by atoms with Crippen LogP contribution >= 0.6 is 0 Å². The largest absolute Gasteiger partial charge is 0.355 e. The maximum absolute atomic E-state index is 13.3. The van der Waals surface area contributed by atoms with Gasteiger partial charge in [0.1, 0.15) is 0 Å². The van der Waals surface area contributed by atoms with Gasteiger partial charge in [0.15, 0.2) is 0 Å². The van der Waals surface area contributed by atoms with Gasteiger partial charge in [-0.2, -0.15) is 8.78 Å². The summed E-state index contributed by atoms with van der Waals surface area (Å²) < 4.78 is 26.5. The summed E-state index contributed by atoms with van der Waals surface area (Å²) in [6.07, 6.45) is 4.40. The van der Waals surface area contributed by atoms with Crippen molar-refractivity contribution in [2.75, 3.05) is 7.05 Å². The second kappa shape index (κ2) is 7.34. The fraction of sp³-hybridized carbons (Fsp3) is 0.471. The van der Waals surface area contributed by atoms with Crippen molar-refractivity contribution in [1.29, 1.82) is 0 Å². The van der Waals surface area contributed by atoms with Crippen LogP contribution in [0.5, 0.6) is 0 Å². The average molecular weight is 293 g/mol. The molecule has 1 saturated carbocycles. The molecule has 0 saturated heterocycles. The minimum atomic E-state index is -1.60. The van der Waals surface area contributed by atoms with Crippen LogP contribution in [0.4, 0.5) is 8.78 Å². The van der Waals surface area contributed by atoms with Gasteiger partial charge in [0.05, 0.1) is 0 Å². The summed E-state index contributed by atoms with van der Waals surface area (Å²) in [5, 5.41) is 2.52. The van der Waals surface area contributed by atoms with Crippen molar-refractivity contribution in [2.24, 2.45) is 5.92 Å². The van der Waals surface area contributed by atoms with Crippen LogP contribution in [-0.2, 0) is 0 Å². The highest BCUT2D eigenvalue weighted by molar-refractivity contribution is 5.94. The van der Waals surface area contributed by atoms with Gasteiger partial charge in [-0.1, -0.05) is 44.2 Å². The van der Waals surface area contributed by atoms with Crippen LogP contribution in [0.25, 0.3) is 5.57 Å². The van der Waals surface area contributed by atoms with E-state index in [-0.39, 0.29) is 11.5 Å². The topological polar surface area (TPSA) is 29.1 Å². The molecule has 0 unspecified atom stereocenters. The Morgan fingerprint density at radius 1 is 1.10 bits per heavy atom. The lowest BCUT2D eigenvalue weighted by atomic mass is 9.83. The molecular formula is C17H21F2NO. The van der Waals surface area contributed by atoms with E-state index >= 15 is 0 Å². The van der Waals surface area contributed by atoms with Crippen LogP contribution in [0.15, 0.2) is 30.3 Å². The SMILES string of the molecule is CNC(=O)c1ccc(C(CC2CCCCC2)=C(F)F)cc1. The number of hydrogen-bond acceptors (Lipinski definition) is 1. The second-order valence-corrected chi connectivity index (χ2v) is 5.60. The molecular weight excluding hydrogens is 272 g/mol. The smallest absolute Gasteiger partial charge is 0.274 e. The predicted molar refractivity (Wildman–Crippen MR) is 80.2 cm³/mol. The Morgan fingerprint density at radius 3 is 2.19 bits per heavy atom. The van der Waals surface area contributed by atoms with Gasteiger partial charge in [0, 0.05) is 18.2 Å². The summed E-state index contributed by atoms with van der Waals surface area (Å²) in [6.45, 7) is 0. The molecule has 21 heavy (non-hydrogen) atoms. The second-order valence-electron chi connectivity index (χ2n) is 5.60. The lowest BCUT2D eigenvalue weighted by molar-refractivity contribution is 0.0963. The Hall–Kier alpha value is -1.71. The van der Waals surface area contributed by atoms with E-state index in [1.165, 1.54) is 6.42 Å². The van der Waals surface area contributed by atoms with Crippen LogP contribution in [0.1, 0.15) is 54.4 Å². The van der Waals surface area contributed by atoms with Crippen molar-refractivity contribution >= 4 is 11.5 Å². The van der Waals surface area contributed by atoms with Crippen molar-refractivity contribution in [1.82, 2.24) is 5.32 Å². The monoisotopic (exact) mass is 293 g/mol. The van der Waals surface area contributed by atoms with Crippen molar-refractivity contribution in [2.45, 2.75) is 38.5 Å². The number of carbonyl (C=O) groups excluding carboxylic acids is 1. The first-order chi connectivity index (χ1) is 10.1. The van der Waals surface area contributed by atoms with Gasteiger partial charge < -0.3 is 5.32 Å². The van der Waals surface area contributed by atoms with Gasteiger partial charge in [0.25, 0.3) is 12.0 Å². The highest BCUT2D eigenvalue weighted by atomic mass is 19.3. The van der Waals surface area contributed by atoms with Crippen molar-refractivity contribution < 1.29 is 13.6 Å². The van der Waals surface area contributed by atoms with E-state index in [0.29, 0.717) is 23.5 Å². The summed E-state index contributed by atoms with van der Waals surface area (Å²) in [6, 6.07) is 6.42. The third-order valence-electron chi connectivity index (χ3n) is 4.17. The molecule has 0 spiro atoms. The van der Waals surface area contributed by atoms with Gasteiger partial charge in [-0.3, -0.25) is 4.79 Å². The quantitative estimate of drug-likeness (QED) is 0.862. The summed E-state index contributed by atoms with van der Waals surface area (Å²) in [4.78, 5) is 11.5. The molecule has 0 radical (unpaired) electrons. The van der Waals surface area contributed by atoms with Crippen LogP contribution in [0.3, 0.4) is 0 Å². The Balaban J connectivity index is 2.15. The molecule has 1 aliphatic carbocycles. The zero-order valence-electron chi connectivity index (χ0n) is 12.3. The van der Waals surface area contributed by atoms with Crippen molar-refractivity contribution in [3.05, 3.63) is 41.5 Å². The molecule has 4 heteroatoms. The van der Waals surface area contributed by atoms with E-state index in [9.17, 15) is 13.6 Å². The first kappa shape index (κ1) is 15.7. The third-order valence-corrected chi connectivity index (χ3v) is 4.17. The molecule has 0 aromatic heterocycles. The Morgan fingerprint density at radius 2 is 1.67 bits per heavy atom. The molecule has 0 bridgehead atoms. The van der Waals surface area contributed by atoms with Gasteiger partial charge in [-0.05, 0) is 30.0 Å². The summed E-state index contributed by atoms with van der Waals surface area (Å²) in [5.41, 5.74) is 1.14. The first-order valence-electron chi connectivity index (χ1n) is 7.48. The van der Waals surface area contributed by atoms with E-state index in [4.69, 9.17) is 0 Å². The van der Waals surface area contributed by atoms with E-state index < -0.39 is 6.08 Å². The molecule has 1 aliphatic rings. The Labute approximate surface area is 124 Å². The van der Waals surface area contributed by atoms with E-state index in [1.54, 1.807) is 31.3 Å². The van der Waals surface area contributed by atoms with Crippen molar-refractivity contribution in [3.8, 4) is 0 Å². The van der Waals surface area contributed by atoms with Crippen LogP contribution < -0.4 is 5.32 Å². The molecule has 1 aromatic rings. The number of amides is 1. The van der Waals surface area contributed by atoms with Gasteiger partial charge in [-0.25, -0.2) is 0 Å². The number of carbonyl (C=O) groups is 1. The number of allylic oxidation sites excluding steroid dienone is 1. The summed E-state index contributed by atoms with van der Waals surface area (Å²) in [5.74, 6) is 0.147. The van der Waals surface area contributed by atoms with Crippen LogP contribution in [0, 0.1) is 5.92 Å². The molecule has 0 aliphatic heterocycles. The minimum Gasteiger partial charge on any atom is -0.355 e. The fourth-order valence-electron chi connectivity index (χ4n) is 2.95. The molecule has 0 atom stereocenters. The van der Waals surface area contributed by atoms with Crippen LogP contribution in [-0.4, -0.2) is 13.0 Å². The maximum Gasteiger partial charge on any atom is 0.274 e.